The van der Waals surface area contributed by atoms with Gasteiger partial charge in [-0.1, -0.05) is 27.7 Å². The minimum Gasteiger partial charge on any atom is -0.480 e. The molecule has 4 rings (SSSR count). The second kappa shape index (κ2) is 7.13. The second-order valence-electron chi connectivity index (χ2n) is 8.49. The largest absolute Gasteiger partial charge is 0.480 e. The number of hydrogen-bond acceptors (Lipinski definition) is 6. The van der Waals surface area contributed by atoms with Gasteiger partial charge in [-0.15, -0.1) is 4.68 Å². The molecule has 1 unspecified atom stereocenters. The van der Waals surface area contributed by atoms with Crippen molar-refractivity contribution in [3.63, 3.8) is 0 Å². The van der Waals surface area contributed by atoms with Gasteiger partial charge in [-0.2, -0.15) is 0 Å². The van der Waals surface area contributed by atoms with Crippen LogP contribution in [0.3, 0.4) is 0 Å². The molecular weight excluding hydrogens is 432 g/mol. The van der Waals surface area contributed by atoms with E-state index >= 15 is 0 Å². The fourth-order valence-electron chi connectivity index (χ4n) is 4.95. The average molecular weight is 457 g/mol. The molecule has 1 heterocycles. The minimum atomic E-state index is -1.27. The van der Waals surface area contributed by atoms with Gasteiger partial charge in [0.1, 0.15) is 4.47 Å². The molecule has 3 fully saturated rings. The Morgan fingerprint density at radius 3 is 2.61 bits per heavy atom. The molecule has 1 aromatic rings. The molecule has 3 aliphatic rings. The molecule has 154 valence electrons. The van der Waals surface area contributed by atoms with Crippen LogP contribution < -0.4 is 10.9 Å². The smallest absolute Gasteiger partial charge is 0.413 e. The molecule has 0 spiro atoms. The van der Waals surface area contributed by atoms with Crippen LogP contribution in [-0.4, -0.2) is 31.8 Å². The standard InChI is InChI=1S/C18H25BrN4O5/c1-5-12(17(25)26)22-16(24)13(19)14(15(21-22)23(27)28)20-11-7-9-6-10(8(11)2)18(9,3)4/h8-12,20H,5-7H2,1-4H3,(H,25,26)/t8-,9+,10+,11+,12?/m0/s1. The monoisotopic (exact) mass is 456 g/mol. The number of hydrogen-bond donors (Lipinski definition) is 2. The first-order valence-electron chi connectivity index (χ1n) is 9.46. The predicted octanol–water partition coefficient (Wildman–Crippen LogP) is 3.43. The van der Waals surface area contributed by atoms with Crippen LogP contribution in [0.4, 0.5) is 11.5 Å². The molecule has 0 amide bonds. The second-order valence-corrected chi connectivity index (χ2v) is 9.28. The summed E-state index contributed by atoms with van der Waals surface area (Å²) in [7, 11) is 0. The Hall–Kier alpha value is -1.97. The van der Waals surface area contributed by atoms with E-state index in [0.29, 0.717) is 16.5 Å². The molecule has 28 heavy (non-hydrogen) atoms. The third-order valence-electron chi connectivity index (χ3n) is 6.87. The van der Waals surface area contributed by atoms with Crippen molar-refractivity contribution >= 4 is 33.4 Å². The Balaban J connectivity index is 2.00. The minimum absolute atomic E-state index is 0.00901. The van der Waals surface area contributed by atoms with Crippen molar-refractivity contribution in [2.45, 2.75) is 59.0 Å². The van der Waals surface area contributed by atoms with Crippen molar-refractivity contribution in [1.82, 2.24) is 9.78 Å². The molecule has 0 aliphatic heterocycles. The Kier molecular flexibility index (Phi) is 5.28. The number of anilines is 1. The van der Waals surface area contributed by atoms with Crippen LogP contribution in [0, 0.1) is 33.3 Å². The summed E-state index contributed by atoms with van der Waals surface area (Å²) in [6, 6.07) is -1.27. The maximum absolute atomic E-state index is 12.7. The number of nitrogens with one attached hydrogen (secondary N) is 1. The Morgan fingerprint density at radius 1 is 1.50 bits per heavy atom. The number of aliphatic carboxylic acids is 1. The van der Waals surface area contributed by atoms with Gasteiger partial charge >= 0.3 is 17.3 Å². The van der Waals surface area contributed by atoms with Crippen LogP contribution in [-0.2, 0) is 4.79 Å². The van der Waals surface area contributed by atoms with Gasteiger partial charge in [-0.25, -0.2) is 4.79 Å². The first-order valence-corrected chi connectivity index (χ1v) is 10.3. The van der Waals surface area contributed by atoms with Gasteiger partial charge in [0.2, 0.25) is 0 Å². The molecular formula is C18H25BrN4O5. The molecule has 2 N–H and O–H groups in total. The quantitative estimate of drug-likeness (QED) is 0.495. The molecule has 10 heteroatoms. The number of carboxylic acids is 1. The van der Waals surface area contributed by atoms with Gasteiger partial charge in [0.15, 0.2) is 11.7 Å². The lowest BCUT2D eigenvalue weighted by molar-refractivity contribution is -0.389. The fraction of sp³-hybridized carbons (Fsp3) is 0.722. The van der Waals surface area contributed by atoms with Crippen LogP contribution in [0.15, 0.2) is 9.27 Å². The van der Waals surface area contributed by atoms with E-state index in [1.807, 2.05) is 0 Å². The van der Waals surface area contributed by atoms with E-state index in [-0.39, 0.29) is 34.0 Å². The number of carboxylic acid groups (broad SMARTS) is 1. The normalized spacial score (nSPS) is 28.9. The van der Waals surface area contributed by atoms with Gasteiger partial charge in [-0.05, 0) is 63.3 Å². The van der Waals surface area contributed by atoms with Crippen molar-refractivity contribution in [2.24, 2.45) is 23.2 Å². The summed E-state index contributed by atoms with van der Waals surface area (Å²) in [5.74, 6) is -0.462. The first kappa shape index (κ1) is 20.8. The highest BCUT2D eigenvalue weighted by Crippen LogP contribution is 2.61. The number of nitro groups is 1. The zero-order valence-corrected chi connectivity index (χ0v) is 17.9. The molecule has 9 nitrogen and oxygen atoms in total. The van der Waals surface area contributed by atoms with Gasteiger partial charge in [0, 0.05) is 6.04 Å². The number of fused-ring (bicyclic) bond motifs is 2. The van der Waals surface area contributed by atoms with Crippen LogP contribution >= 0.6 is 15.9 Å². The van der Waals surface area contributed by atoms with Crippen molar-refractivity contribution in [3.05, 3.63) is 24.9 Å². The third-order valence-corrected chi connectivity index (χ3v) is 7.60. The molecule has 5 atom stereocenters. The van der Waals surface area contributed by atoms with E-state index in [4.69, 9.17) is 0 Å². The van der Waals surface area contributed by atoms with Crippen LogP contribution in [0.1, 0.15) is 53.0 Å². The molecule has 3 aliphatic carbocycles. The summed E-state index contributed by atoms with van der Waals surface area (Å²) in [4.78, 5) is 35.1. The maximum Gasteiger partial charge on any atom is 0.413 e. The van der Waals surface area contributed by atoms with Crippen molar-refractivity contribution in [1.29, 1.82) is 0 Å². The molecule has 1 aromatic heterocycles. The molecule has 2 bridgehead atoms. The fourth-order valence-corrected chi connectivity index (χ4v) is 5.42. The summed E-state index contributed by atoms with van der Waals surface area (Å²) >= 11 is 3.16. The van der Waals surface area contributed by atoms with E-state index in [1.54, 1.807) is 6.92 Å². The summed E-state index contributed by atoms with van der Waals surface area (Å²) in [5.41, 5.74) is -0.406. The van der Waals surface area contributed by atoms with Gasteiger partial charge < -0.3 is 20.5 Å². The van der Waals surface area contributed by atoms with Crippen LogP contribution in [0.5, 0.6) is 0 Å². The SMILES string of the molecule is CCC(C(=O)O)n1nc([N+](=O)[O-])c(N[C@@H]2C[C@H]3C[C@H]([C@@H]2C)C3(C)C)c(Br)c1=O. The number of rotatable bonds is 6. The van der Waals surface area contributed by atoms with Gasteiger partial charge in [0.05, 0.1) is 5.10 Å². The molecule has 0 radical (unpaired) electrons. The van der Waals surface area contributed by atoms with Crippen molar-refractivity contribution in [3.8, 4) is 0 Å². The number of carbonyl (C=O) groups is 1. The predicted molar refractivity (Wildman–Crippen MR) is 106 cm³/mol. The number of halogens is 1. The van der Waals surface area contributed by atoms with E-state index < -0.39 is 28.3 Å². The van der Waals surface area contributed by atoms with Crippen LogP contribution in [0.25, 0.3) is 0 Å². The highest BCUT2D eigenvalue weighted by molar-refractivity contribution is 9.10. The molecule has 3 saturated carbocycles. The highest BCUT2D eigenvalue weighted by Gasteiger charge is 2.56. The maximum atomic E-state index is 12.7. The Labute approximate surface area is 170 Å². The van der Waals surface area contributed by atoms with E-state index in [2.05, 4.69) is 47.1 Å². The van der Waals surface area contributed by atoms with Crippen LogP contribution in [0.2, 0.25) is 0 Å². The first-order chi connectivity index (χ1) is 13.0. The molecule has 0 saturated heterocycles. The van der Waals surface area contributed by atoms with Crippen molar-refractivity contribution in [2.75, 3.05) is 5.32 Å². The average Bonchev–Trinajstić information content (AvgIpc) is 2.61. The third kappa shape index (κ3) is 3.11. The lowest BCUT2D eigenvalue weighted by Crippen LogP contribution is -2.58. The molecule has 0 aromatic carbocycles. The lowest BCUT2D eigenvalue weighted by atomic mass is 9.45. The zero-order chi connectivity index (χ0) is 21.0. The zero-order valence-electron chi connectivity index (χ0n) is 16.3. The lowest BCUT2D eigenvalue weighted by Gasteiger charge is -2.62. The van der Waals surface area contributed by atoms with E-state index in [9.17, 15) is 24.8 Å². The summed E-state index contributed by atoms with van der Waals surface area (Å²) in [6.45, 7) is 8.23. The number of nitrogens with zero attached hydrogens (tertiary/aromatic N) is 3. The highest BCUT2D eigenvalue weighted by atomic mass is 79.9. The van der Waals surface area contributed by atoms with Gasteiger partial charge in [0.25, 0.3) is 0 Å². The Morgan fingerprint density at radius 2 is 2.14 bits per heavy atom. The van der Waals surface area contributed by atoms with E-state index in [1.165, 1.54) is 0 Å². The summed E-state index contributed by atoms with van der Waals surface area (Å²) in [6.07, 6.45) is 2.10. The number of aromatic nitrogens is 2. The summed E-state index contributed by atoms with van der Waals surface area (Å²) < 4.78 is 0.625. The van der Waals surface area contributed by atoms with E-state index in [0.717, 1.165) is 12.8 Å². The van der Waals surface area contributed by atoms with Crippen molar-refractivity contribution < 1.29 is 14.8 Å². The summed E-state index contributed by atoms with van der Waals surface area (Å²) in [5, 5.41) is 28.0. The van der Waals surface area contributed by atoms with Gasteiger partial charge in [-0.3, -0.25) is 4.79 Å². The topological polar surface area (TPSA) is 127 Å². The Bertz CT molecular complexity index is 883.